The summed E-state index contributed by atoms with van der Waals surface area (Å²) in [5, 5.41) is 0.537. The molecule has 0 unspecified atom stereocenters. The summed E-state index contributed by atoms with van der Waals surface area (Å²) in [5.74, 6) is 0.444. The van der Waals surface area contributed by atoms with Gasteiger partial charge in [0.1, 0.15) is 5.82 Å². The van der Waals surface area contributed by atoms with E-state index in [2.05, 4.69) is 9.97 Å². The number of para-hydroxylation sites is 1. The summed E-state index contributed by atoms with van der Waals surface area (Å²) in [5.41, 5.74) is 0.422. The van der Waals surface area contributed by atoms with Gasteiger partial charge in [0.2, 0.25) is 11.8 Å². The number of ether oxygens (including phenoxy) is 1. The Morgan fingerprint density at radius 1 is 1.23 bits per heavy atom. The van der Waals surface area contributed by atoms with Gasteiger partial charge in [-0.2, -0.15) is 0 Å². The number of hydrogen-bond donors (Lipinski definition) is 1. The largest absolute Gasteiger partial charge is 0.376 e. The van der Waals surface area contributed by atoms with E-state index in [0.717, 1.165) is 19.4 Å². The van der Waals surface area contributed by atoms with Gasteiger partial charge in [0.05, 0.1) is 23.6 Å². The second-order valence-corrected chi connectivity index (χ2v) is 8.16. The first-order valence-corrected chi connectivity index (χ1v) is 10.6. The average Bonchev–Trinajstić information content (AvgIpc) is 3.26. The van der Waals surface area contributed by atoms with Gasteiger partial charge in [0.15, 0.2) is 0 Å². The van der Waals surface area contributed by atoms with Gasteiger partial charge in [0.25, 0.3) is 5.56 Å². The maximum Gasteiger partial charge on any atom is 0.258 e. The fourth-order valence-corrected chi connectivity index (χ4v) is 4.36. The molecule has 0 bridgehead atoms. The van der Waals surface area contributed by atoms with Crippen LogP contribution < -0.4 is 5.56 Å². The number of nitrogens with zero attached hydrogens (tertiary/aromatic N) is 3. The van der Waals surface area contributed by atoms with Crippen LogP contribution in [-0.4, -0.2) is 63.9 Å². The van der Waals surface area contributed by atoms with E-state index in [1.54, 1.807) is 34.9 Å². The van der Waals surface area contributed by atoms with Crippen LogP contribution in [0.2, 0.25) is 0 Å². The monoisotopic (exact) mass is 412 g/mol. The fourth-order valence-electron chi connectivity index (χ4n) is 4.36. The van der Waals surface area contributed by atoms with Crippen LogP contribution in [0.3, 0.4) is 0 Å². The number of H-pyrrole nitrogens is 1. The topological polar surface area (TPSA) is 95.6 Å². The molecular weight excluding hydrogens is 384 g/mol. The van der Waals surface area contributed by atoms with Gasteiger partial charge in [0, 0.05) is 39.1 Å². The Hall–Kier alpha value is -2.74. The lowest BCUT2D eigenvalue weighted by atomic mass is 9.95. The highest BCUT2D eigenvalue weighted by atomic mass is 16.5. The van der Waals surface area contributed by atoms with Gasteiger partial charge in [-0.05, 0) is 37.8 Å². The summed E-state index contributed by atoms with van der Waals surface area (Å²) in [6.07, 6.45) is 3.24. The Balaban J connectivity index is 1.53. The molecule has 3 heterocycles. The van der Waals surface area contributed by atoms with E-state index >= 15 is 0 Å². The van der Waals surface area contributed by atoms with E-state index in [1.807, 2.05) is 6.07 Å². The minimum absolute atomic E-state index is 0.0124. The third-order valence-electron chi connectivity index (χ3n) is 6.05. The lowest BCUT2D eigenvalue weighted by Gasteiger charge is -2.34. The predicted octanol–water partition coefficient (Wildman–Crippen LogP) is 1.69. The first-order valence-electron chi connectivity index (χ1n) is 10.6. The van der Waals surface area contributed by atoms with Crippen molar-refractivity contribution in [3.63, 3.8) is 0 Å². The fraction of sp³-hybridized carbons (Fsp3) is 0.545. The second kappa shape index (κ2) is 8.95. The highest BCUT2D eigenvalue weighted by Crippen LogP contribution is 2.23. The SMILES string of the molecule is CC(=O)N1CCC(C(=O)N(Cc2nc3ccccc3c(=O)[nH]2)C[C@H]2CCCO2)CC1. The number of nitrogens with one attached hydrogen (secondary N) is 1. The van der Waals surface area contributed by atoms with Gasteiger partial charge >= 0.3 is 0 Å². The van der Waals surface area contributed by atoms with Crippen molar-refractivity contribution < 1.29 is 14.3 Å². The van der Waals surface area contributed by atoms with Crippen molar-refractivity contribution in [1.29, 1.82) is 0 Å². The Bertz CT molecular complexity index is 975. The third kappa shape index (κ3) is 4.53. The number of carbonyl (C=O) groups excluding carboxylic acids is 2. The quantitative estimate of drug-likeness (QED) is 0.806. The lowest BCUT2D eigenvalue weighted by Crippen LogP contribution is -2.45. The van der Waals surface area contributed by atoms with Crippen LogP contribution in [0.5, 0.6) is 0 Å². The molecule has 0 radical (unpaired) electrons. The molecule has 1 N–H and O–H groups in total. The number of fused-ring (bicyclic) bond motifs is 1. The van der Waals surface area contributed by atoms with Crippen LogP contribution in [0.1, 0.15) is 38.4 Å². The van der Waals surface area contributed by atoms with E-state index in [9.17, 15) is 14.4 Å². The first-order chi connectivity index (χ1) is 14.5. The molecule has 160 valence electrons. The first kappa shape index (κ1) is 20.5. The normalized spacial score (nSPS) is 19.9. The van der Waals surface area contributed by atoms with Gasteiger partial charge in [-0.15, -0.1) is 0 Å². The molecule has 8 nitrogen and oxygen atoms in total. The zero-order valence-electron chi connectivity index (χ0n) is 17.3. The average molecular weight is 412 g/mol. The third-order valence-corrected chi connectivity index (χ3v) is 6.05. The number of aromatic amines is 1. The highest BCUT2D eigenvalue weighted by molar-refractivity contribution is 5.80. The smallest absolute Gasteiger partial charge is 0.258 e. The molecular formula is C22H28N4O4. The molecule has 8 heteroatoms. The number of benzene rings is 1. The number of piperidine rings is 1. The van der Waals surface area contributed by atoms with Crippen molar-refractivity contribution in [2.75, 3.05) is 26.2 Å². The van der Waals surface area contributed by atoms with Crippen molar-refractivity contribution in [2.45, 2.75) is 45.3 Å². The van der Waals surface area contributed by atoms with Crippen LogP contribution >= 0.6 is 0 Å². The number of hydrogen-bond acceptors (Lipinski definition) is 5. The Kier molecular flexibility index (Phi) is 6.13. The van der Waals surface area contributed by atoms with Crippen LogP contribution in [0.4, 0.5) is 0 Å². The standard InChI is InChI=1S/C22H28N4O4/c1-15(27)25-10-8-16(9-11-25)22(29)26(13-17-5-4-12-30-17)14-20-23-19-7-3-2-6-18(19)21(28)24-20/h2-3,6-7,16-17H,4-5,8-14H2,1H3,(H,23,24,28)/t17-/m1/s1. The van der Waals surface area contributed by atoms with E-state index in [1.165, 1.54) is 0 Å². The molecule has 0 aliphatic carbocycles. The zero-order chi connectivity index (χ0) is 21.1. The molecule has 2 aromatic rings. The molecule has 1 aromatic carbocycles. The lowest BCUT2D eigenvalue weighted by molar-refractivity contribution is -0.142. The van der Waals surface area contributed by atoms with Crippen LogP contribution in [0.25, 0.3) is 10.9 Å². The number of aromatic nitrogens is 2. The van der Waals surface area contributed by atoms with Gasteiger partial charge in [-0.3, -0.25) is 14.4 Å². The van der Waals surface area contributed by atoms with Crippen molar-refractivity contribution in [3.05, 3.63) is 40.4 Å². The maximum atomic E-state index is 13.4. The molecule has 1 aromatic heterocycles. The molecule has 1 atom stereocenters. The summed E-state index contributed by atoms with van der Waals surface area (Å²) in [6.45, 7) is 4.21. The minimum Gasteiger partial charge on any atom is -0.376 e. The van der Waals surface area contributed by atoms with E-state index in [4.69, 9.17) is 4.74 Å². The maximum absolute atomic E-state index is 13.4. The van der Waals surface area contributed by atoms with Gasteiger partial charge < -0.3 is 19.5 Å². The van der Waals surface area contributed by atoms with E-state index in [-0.39, 0.29) is 35.9 Å². The Labute approximate surface area is 175 Å². The molecule has 0 spiro atoms. The second-order valence-electron chi connectivity index (χ2n) is 8.16. The van der Waals surface area contributed by atoms with E-state index < -0.39 is 0 Å². The number of likely N-dealkylation sites (tertiary alicyclic amines) is 1. The summed E-state index contributed by atoms with van der Waals surface area (Å²) in [4.78, 5) is 48.4. The van der Waals surface area contributed by atoms with Crippen LogP contribution in [-0.2, 0) is 20.9 Å². The minimum atomic E-state index is -0.199. The van der Waals surface area contributed by atoms with Crippen molar-refractivity contribution in [2.24, 2.45) is 5.92 Å². The zero-order valence-corrected chi connectivity index (χ0v) is 17.3. The molecule has 0 saturated carbocycles. The van der Waals surface area contributed by atoms with Crippen molar-refractivity contribution in [1.82, 2.24) is 19.8 Å². The van der Waals surface area contributed by atoms with Crippen LogP contribution in [0, 0.1) is 5.92 Å². The molecule has 2 aliphatic heterocycles. The Morgan fingerprint density at radius 3 is 2.70 bits per heavy atom. The number of amides is 2. The van der Waals surface area contributed by atoms with Crippen LogP contribution in [0.15, 0.2) is 29.1 Å². The number of rotatable bonds is 5. The van der Waals surface area contributed by atoms with E-state index in [0.29, 0.717) is 49.2 Å². The summed E-state index contributed by atoms with van der Waals surface area (Å²) >= 11 is 0. The molecule has 30 heavy (non-hydrogen) atoms. The molecule has 2 fully saturated rings. The van der Waals surface area contributed by atoms with Gasteiger partial charge in [-0.1, -0.05) is 12.1 Å². The highest BCUT2D eigenvalue weighted by Gasteiger charge is 2.31. The predicted molar refractivity (Wildman–Crippen MR) is 112 cm³/mol. The summed E-state index contributed by atoms with van der Waals surface area (Å²) < 4.78 is 5.76. The van der Waals surface area contributed by atoms with Crippen molar-refractivity contribution >= 4 is 22.7 Å². The summed E-state index contributed by atoms with van der Waals surface area (Å²) in [6, 6.07) is 7.19. The molecule has 2 amide bonds. The van der Waals surface area contributed by atoms with Gasteiger partial charge in [-0.25, -0.2) is 4.98 Å². The summed E-state index contributed by atoms with van der Waals surface area (Å²) in [7, 11) is 0. The Morgan fingerprint density at radius 2 is 2.00 bits per heavy atom. The molecule has 2 aliphatic rings. The molecule has 4 rings (SSSR count). The molecule has 2 saturated heterocycles. The number of carbonyl (C=O) groups is 2. The van der Waals surface area contributed by atoms with Crippen molar-refractivity contribution in [3.8, 4) is 0 Å².